The molecule has 0 rings (SSSR count). The maximum absolute atomic E-state index is 10.5. The van der Waals surface area contributed by atoms with E-state index in [1.807, 2.05) is 20.8 Å². The summed E-state index contributed by atoms with van der Waals surface area (Å²) in [6.45, 7) is 6.23. The zero-order valence-electron chi connectivity index (χ0n) is 7.83. The SMILES string of the molecule is CCCO/C(=C/C(C)C)C(=O)O. The Morgan fingerprint density at radius 2 is 2.17 bits per heavy atom. The molecule has 0 atom stereocenters. The summed E-state index contributed by atoms with van der Waals surface area (Å²) < 4.78 is 5.03. The van der Waals surface area contributed by atoms with E-state index < -0.39 is 5.97 Å². The maximum atomic E-state index is 10.5. The van der Waals surface area contributed by atoms with Gasteiger partial charge in [0, 0.05) is 0 Å². The molecule has 0 aliphatic rings. The lowest BCUT2D eigenvalue weighted by Gasteiger charge is -2.05. The minimum Gasteiger partial charge on any atom is -0.487 e. The molecule has 70 valence electrons. The summed E-state index contributed by atoms with van der Waals surface area (Å²) in [5.41, 5.74) is 0. The Bertz CT molecular complexity index is 171. The number of hydrogen-bond acceptors (Lipinski definition) is 2. The van der Waals surface area contributed by atoms with Gasteiger partial charge in [0.1, 0.15) is 0 Å². The molecule has 3 nitrogen and oxygen atoms in total. The van der Waals surface area contributed by atoms with Crippen molar-refractivity contribution in [3.8, 4) is 0 Å². The van der Waals surface area contributed by atoms with Crippen molar-refractivity contribution >= 4 is 5.97 Å². The summed E-state index contributed by atoms with van der Waals surface area (Å²) in [5.74, 6) is -0.725. The third-order valence-corrected chi connectivity index (χ3v) is 1.16. The van der Waals surface area contributed by atoms with Crippen molar-refractivity contribution in [3.63, 3.8) is 0 Å². The average molecular weight is 172 g/mol. The highest BCUT2D eigenvalue weighted by atomic mass is 16.5. The van der Waals surface area contributed by atoms with Crippen LogP contribution in [0.3, 0.4) is 0 Å². The van der Waals surface area contributed by atoms with Crippen LogP contribution in [0.1, 0.15) is 27.2 Å². The van der Waals surface area contributed by atoms with Crippen molar-refractivity contribution in [2.75, 3.05) is 6.61 Å². The van der Waals surface area contributed by atoms with Crippen LogP contribution in [-0.4, -0.2) is 17.7 Å². The van der Waals surface area contributed by atoms with Gasteiger partial charge in [-0.3, -0.25) is 0 Å². The lowest BCUT2D eigenvalue weighted by molar-refractivity contribution is -0.136. The first-order valence-corrected chi connectivity index (χ1v) is 4.15. The summed E-state index contributed by atoms with van der Waals surface area (Å²) in [4.78, 5) is 10.5. The van der Waals surface area contributed by atoms with E-state index in [9.17, 15) is 4.79 Å². The van der Waals surface area contributed by atoms with E-state index in [1.54, 1.807) is 6.08 Å². The van der Waals surface area contributed by atoms with Crippen LogP contribution in [0.25, 0.3) is 0 Å². The molecule has 0 saturated carbocycles. The Kier molecular flexibility index (Phi) is 5.17. The first-order valence-electron chi connectivity index (χ1n) is 4.15. The van der Waals surface area contributed by atoms with Gasteiger partial charge in [0.15, 0.2) is 0 Å². The van der Waals surface area contributed by atoms with Crippen molar-refractivity contribution in [1.82, 2.24) is 0 Å². The molecule has 3 heteroatoms. The van der Waals surface area contributed by atoms with E-state index in [-0.39, 0.29) is 11.7 Å². The summed E-state index contributed by atoms with van der Waals surface area (Å²) in [5, 5.41) is 8.66. The van der Waals surface area contributed by atoms with Gasteiger partial charge in [-0.15, -0.1) is 0 Å². The molecule has 0 spiro atoms. The zero-order chi connectivity index (χ0) is 9.56. The van der Waals surface area contributed by atoms with Gasteiger partial charge in [-0.2, -0.15) is 0 Å². The highest BCUT2D eigenvalue weighted by Crippen LogP contribution is 2.04. The van der Waals surface area contributed by atoms with Crippen LogP contribution >= 0.6 is 0 Å². The number of carbonyl (C=O) groups is 1. The Hall–Kier alpha value is -0.990. The van der Waals surface area contributed by atoms with Crippen LogP contribution in [0.4, 0.5) is 0 Å². The van der Waals surface area contributed by atoms with Crippen LogP contribution in [0, 0.1) is 5.92 Å². The Labute approximate surface area is 73.0 Å². The molecular weight excluding hydrogens is 156 g/mol. The zero-order valence-corrected chi connectivity index (χ0v) is 7.83. The molecule has 0 aromatic rings. The second kappa shape index (κ2) is 5.63. The van der Waals surface area contributed by atoms with Crippen LogP contribution in [0.15, 0.2) is 11.8 Å². The molecular formula is C9H16O3. The lowest BCUT2D eigenvalue weighted by atomic mass is 10.2. The first-order chi connectivity index (χ1) is 5.57. The van der Waals surface area contributed by atoms with E-state index in [4.69, 9.17) is 9.84 Å². The number of aliphatic carboxylic acids is 1. The third-order valence-electron chi connectivity index (χ3n) is 1.16. The molecule has 0 heterocycles. The van der Waals surface area contributed by atoms with Gasteiger partial charge in [-0.05, 0) is 18.4 Å². The van der Waals surface area contributed by atoms with Crippen LogP contribution in [-0.2, 0) is 9.53 Å². The van der Waals surface area contributed by atoms with E-state index in [0.29, 0.717) is 6.61 Å². The molecule has 12 heavy (non-hydrogen) atoms. The van der Waals surface area contributed by atoms with Crippen molar-refractivity contribution in [1.29, 1.82) is 0 Å². The maximum Gasteiger partial charge on any atom is 0.370 e. The number of rotatable bonds is 5. The largest absolute Gasteiger partial charge is 0.487 e. The van der Waals surface area contributed by atoms with Gasteiger partial charge >= 0.3 is 5.97 Å². The second-order valence-electron chi connectivity index (χ2n) is 2.93. The minimum atomic E-state index is -0.989. The van der Waals surface area contributed by atoms with Crippen LogP contribution < -0.4 is 0 Å². The van der Waals surface area contributed by atoms with Gasteiger partial charge in [-0.25, -0.2) is 4.79 Å². The first kappa shape index (κ1) is 11.0. The predicted octanol–water partition coefficient (Wildman–Crippen LogP) is 2.04. The van der Waals surface area contributed by atoms with E-state index >= 15 is 0 Å². The van der Waals surface area contributed by atoms with E-state index in [1.165, 1.54) is 0 Å². The molecule has 0 radical (unpaired) electrons. The number of carboxylic acid groups (broad SMARTS) is 1. The van der Waals surface area contributed by atoms with E-state index in [0.717, 1.165) is 6.42 Å². The van der Waals surface area contributed by atoms with Crippen molar-refractivity contribution in [2.45, 2.75) is 27.2 Å². The predicted molar refractivity (Wildman–Crippen MR) is 46.8 cm³/mol. The number of hydrogen-bond donors (Lipinski definition) is 1. The topological polar surface area (TPSA) is 46.5 Å². The fourth-order valence-corrected chi connectivity index (χ4v) is 0.696. The quantitative estimate of drug-likeness (QED) is 0.510. The third kappa shape index (κ3) is 4.77. The normalized spacial score (nSPS) is 11.8. The number of allylic oxidation sites excluding steroid dienone is 1. The highest BCUT2D eigenvalue weighted by Gasteiger charge is 2.08. The van der Waals surface area contributed by atoms with Gasteiger partial charge in [-0.1, -0.05) is 20.8 Å². The summed E-state index contributed by atoms with van der Waals surface area (Å²) in [7, 11) is 0. The second-order valence-corrected chi connectivity index (χ2v) is 2.93. The molecule has 0 bridgehead atoms. The fourth-order valence-electron chi connectivity index (χ4n) is 0.696. The average Bonchev–Trinajstić information content (AvgIpc) is 1.96. The van der Waals surface area contributed by atoms with E-state index in [2.05, 4.69) is 0 Å². The van der Waals surface area contributed by atoms with Gasteiger partial charge in [0.25, 0.3) is 0 Å². The molecule has 0 amide bonds. The van der Waals surface area contributed by atoms with Crippen molar-refractivity contribution in [2.24, 2.45) is 5.92 Å². The van der Waals surface area contributed by atoms with Crippen LogP contribution in [0.5, 0.6) is 0 Å². The van der Waals surface area contributed by atoms with Gasteiger partial charge in [0.2, 0.25) is 5.76 Å². The number of ether oxygens (including phenoxy) is 1. The van der Waals surface area contributed by atoms with Gasteiger partial charge < -0.3 is 9.84 Å². The molecule has 0 saturated heterocycles. The summed E-state index contributed by atoms with van der Waals surface area (Å²) in [6.07, 6.45) is 2.43. The Morgan fingerprint density at radius 3 is 2.50 bits per heavy atom. The molecule has 1 N–H and O–H groups in total. The molecule has 0 aromatic carbocycles. The number of carboxylic acids is 1. The molecule has 0 aliphatic heterocycles. The highest BCUT2D eigenvalue weighted by molar-refractivity contribution is 5.84. The molecule has 0 aromatic heterocycles. The Balaban J connectivity index is 4.13. The standard InChI is InChI=1S/C9H16O3/c1-4-5-12-8(9(10)11)6-7(2)3/h6-7H,4-5H2,1-3H3,(H,10,11)/b8-6+. The Morgan fingerprint density at radius 1 is 1.58 bits per heavy atom. The molecule has 0 fully saturated rings. The van der Waals surface area contributed by atoms with Crippen LogP contribution in [0.2, 0.25) is 0 Å². The summed E-state index contributed by atoms with van der Waals surface area (Å²) >= 11 is 0. The molecule has 0 unspecified atom stereocenters. The van der Waals surface area contributed by atoms with Gasteiger partial charge in [0.05, 0.1) is 6.61 Å². The monoisotopic (exact) mass is 172 g/mol. The van der Waals surface area contributed by atoms with Crippen molar-refractivity contribution in [3.05, 3.63) is 11.8 Å². The summed E-state index contributed by atoms with van der Waals surface area (Å²) in [6, 6.07) is 0. The smallest absolute Gasteiger partial charge is 0.370 e. The molecule has 0 aliphatic carbocycles. The van der Waals surface area contributed by atoms with Crippen molar-refractivity contribution < 1.29 is 14.6 Å². The lowest BCUT2D eigenvalue weighted by Crippen LogP contribution is -2.07. The fraction of sp³-hybridized carbons (Fsp3) is 0.667. The minimum absolute atomic E-state index is 0.0619.